The molecule has 0 bridgehead atoms. The lowest BCUT2D eigenvalue weighted by molar-refractivity contribution is 0.0950. The minimum atomic E-state index is 0.396. The van der Waals surface area contributed by atoms with E-state index in [0.717, 1.165) is 52.4 Å². The van der Waals surface area contributed by atoms with Gasteiger partial charge in [-0.3, -0.25) is 0 Å². The van der Waals surface area contributed by atoms with Gasteiger partial charge < -0.3 is 19.5 Å². The Hall–Kier alpha value is -0.160. The number of unbranched alkanes of at least 4 members (excludes halogenated alkanes) is 1. The molecule has 4 heteroatoms. The van der Waals surface area contributed by atoms with Crippen LogP contribution in [0.5, 0.6) is 0 Å². The highest BCUT2D eigenvalue weighted by Crippen LogP contribution is 2.08. The number of hydrogen-bond donors (Lipinski definition) is 1. The highest BCUT2D eigenvalue weighted by molar-refractivity contribution is 4.82. The Kier molecular flexibility index (Phi) is 4.19. The number of rotatable bonds is 9. The summed E-state index contributed by atoms with van der Waals surface area (Å²) in [5.41, 5.74) is 0. The Morgan fingerprint density at radius 2 is 1.79 bits per heavy atom. The Bertz CT molecular complexity index is 139. The molecule has 2 aliphatic heterocycles. The molecule has 0 aromatic carbocycles. The average molecular weight is 201 g/mol. The number of nitrogens with one attached hydrogen (secondary N) is 1. The highest BCUT2D eigenvalue weighted by atomic mass is 16.6. The van der Waals surface area contributed by atoms with E-state index in [-0.39, 0.29) is 0 Å². The summed E-state index contributed by atoms with van der Waals surface area (Å²) in [5, 5.41) is 3.20. The van der Waals surface area contributed by atoms with Crippen LogP contribution in [0.3, 0.4) is 0 Å². The molecule has 0 aliphatic carbocycles. The molecule has 4 nitrogen and oxygen atoms in total. The summed E-state index contributed by atoms with van der Waals surface area (Å²) in [4.78, 5) is 0. The minimum absolute atomic E-state index is 0.396. The summed E-state index contributed by atoms with van der Waals surface area (Å²) in [7, 11) is 0. The zero-order valence-corrected chi connectivity index (χ0v) is 8.54. The van der Waals surface area contributed by atoms with E-state index >= 15 is 0 Å². The normalized spacial score (nSPS) is 29.1. The molecule has 0 spiro atoms. The SMILES string of the molecule is C(CCOCC1CO1)COCC1CN1. The maximum atomic E-state index is 5.45. The summed E-state index contributed by atoms with van der Waals surface area (Å²) in [6.45, 7) is 5.36. The van der Waals surface area contributed by atoms with Gasteiger partial charge in [0.1, 0.15) is 6.10 Å². The quantitative estimate of drug-likeness (QED) is 0.427. The second-order valence-corrected chi connectivity index (χ2v) is 3.92. The van der Waals surface area contributed by atoms with Crippen LogP contribution in [-0.2, 0) is 14.2 Å². The maximum absolute atomic E-state index is 5.45. The van der Waals surface area contributed by atoms with E-state index in [1.54, 1.807) is 0 Å². The molecule has 2 heterocycles. The fourth-order valence-corrected chi connectivity index (χ4v) is 1.21. The van der Waals surface area contributed by atoms with E-state index in [0.29, 0.717) is 12.1 Å². The Labute approximate surface area is 84.9 Å². The Balaban J connectivity index is 1.25. The summed E-state index contributed by atoms with van der Waals surface area (Å²) in [6.07, 6.45) is 2.58. The third-order valence-corrected chi connectivity index (χ3v) is 2.35. The van der Waals surface area contributed by atoms with Crippen molar-refractivity contribution in [2.45, 2.75) is 25.0 Å². The van der Waals surface area contributed by atoms with Crippen LogP contribution in [0.4, 0.5) is 0 Å². The van der Waals surface area contributed by atoms with Crippen LogP contribution in [0.1, 0.15) is 12.8 Å². The molecule has 2 saturated heterocycles. The first-order valence-corrected chi connectivity index (χ1v) is 5.45. The highest BCUT2D eigenvalue weighted by Gasteiger charge is 2.22. The predicted molar refractivity (Wildman–Crippen MR) is 52.4 cm³/mol. The molecule has 2 unspecified atom stereocenters. The zero-order chi connectivity index (χ0) is 9.64. The number of hydrogen-bond acceptors (Lipinski definition) is 4. The van der Waals surface area contributed by atoms with Gasteiger partial charge in [-0.25, -0.2) is 0 Å². The van der Waals surface area contributed by atoms with Crippen molar-refractivity contribution in [1.82, 2.24) is 5.32 Å². The standard InChI is InChI=1S/C10H19NO3/c1(3-12-6-9-5-11-9)2-4-13-7-10-8-14-10/h9-11H,1-8H2. The van der Waals surface area contributed by atoms with Gasteiger partial charge in [-0.1, -0.05) is 0 Å². The number of epoxide rings is 1. The van der Waals surface area contributed by atoms with Crippen LogP contribution in [0.2, 0.25) is 0 Å². The van der Waals surface area contributed by atoms with E-state index in [2.05, 4.69) is 5.32 Å². The third kappa shape index (κ3) is 4.91. The molecule has 2 rings (SSSR count). The Morgan fingerprint density at radius 3 is 2.36 bits per heavy atom. The topological polar surface area (TPSA) is 52.9 Å². The summed E-state index contributed by atoms with van der Waals surface area (Å²) >= 11 is 0. The molecule has 82 valence electrons. The van der Waals surface area contributed by atoms with Crippen molar-refractivity contribution in [2.75, 3.05) is 39.6 Å². The van der Waals surface area contributed by atoms with Crippen molar-refractivity contribution in [3.63, 3.8) is 0 Å². The molecule has 2 aliphatic rings. The first-order chi connectivity index (χ1) is 6.95. The Morgan fingerprint density at radius 1 is 1.14 bits per heavy atom. The van der Waals surface area contributed by atoms with E-state index < -0.39 is 0 Å². The van der Waals surface area contributed by atoms with Gasteiger partial charge in [-0.2, -0.15) is 0 Å². The molecular weight excluding hydrogens is 182 g/mol. The van der Waals surface area contributed by atoms with Crippen molar-refractivity contribution in [3.05, 3.63) is 0 Å². The van der Waals surface area contributed by atoms with Gasteiger partial charge in [0.05, 0.1) is 19.8 Å². The fraction of sp³-hybridized carbons (Fsp3) is 1.00. The molecule has 2 fully saturated rings. The van der Waals surface area contributed by atoms with Crippen LogP contribution >= 0.6 is 0 Å². The lowest BCUT2D eigenvalue weighted by atomic mass is 10.3. The first-order valence-electron chi connectivity index (χ1n) is 5.45. The van der Waals surface area contributed by atoms with Crippen molar-refractivity contribution in [2.24, 2.45) is 0 Å². The minimum Gasteiger partial charge on any atom is -0.380 e. The van der Waals surface area contributed by atoms with E-state index in [4.69, 9.17) is 14.2 Å². The van der Waals surface area contributed by atoms with Crippen molar-refractivity contribution >= 4 is 0 Å². The monoisotopic (exact) mass is 201 g/mol. The molecule has 0 amide bonds. The van der Waals surface area contributed by atoms with Crippen molar-refractivity contribution < 1.29 is 14.2 Å². The van der Waals surface area contributed by atoms with Crippen molar-refractivity contribution in [3.8, 4) is 0 Å². The zero-order valence-electron chi connectivity index (χ0n) is 8.54. The smallest absolute Gasteiger partial charge is 0.104 e. The molecule has 14 heavy (non-hydrogen) atoms. The van der Waals surface area contributed by atoms with Crippen molar-refractivity contribution in [1.29, 1.82) is 0 Å². The summed E-state index contributed by atoms with van der Waals surface area (Å²) in [6, 6.07) is 0.637. The van der Waals surface area contributed by atoms with Gasteiger partial charge in [0.25, 0.3) is 0 Å². The lowest BCUT2D eigenvalue weighted by Crippen LogP contribution is -2.07. The molecule has 1 N–H and O–H groups in total. The van der Waals surface area contributed by atoms with Gasteiger partial charge in [0, 0.05) is 25.8 Å². The van der Waals surface area contributed by atoms with Gasteiger partial charge in [0.2, 0.25) is 0 Å². The summed E-state index contributed by atoms with van der Waals surface area (Å²) in [5.74, 6) is 0. The van der Waals surface area contributed by atoms with E-state index in [9.17, 15) is 0 Å². The van der Waals surface area contributed by atoms with E-state index in [1.807, 2.05) is 0 Å². The molecule has 0 saturated carbocycles. The van der Waals surface area contributed by atoms with E-state index in [1.165, 1.54) is 0 Å². The summed E-state index contributed by atoms with van der Waals surface area (Å²) < 4.78 is 15.9. The van der Waals surface area contributed by atoms with Gasteiger partial charge in [-0.15, -0.1) is 0 Å². The molecular formula is C10H19NO3. The maximum Gasteiger partial charge on any atom is 0.104 e. The van der Waals surface area contributed by atoms with Crippen LogP contribution in [0.25, 0.3) is 0 Å². The third-order valence-electron chi connectivity index (χ3n) is 2.35. The first kappa shape index (κ1) is 10.4. The van der Waals surface area contributed by atoms with Crippen LogP contribution in [0.15, 0.2) is 0 Å². The molecule has 2 atom stereocenters. The lowest BCUT2D eigenvalue weighted by Gasteiger charge is -2.03. The molecule has 0 radical (unpaired) electrons. The predicted octanol–water partition coefficient (Wildman–Crippen LogP) is 0.170. The molecule has 0 aromatic rings. The van der Waals surface area contributed by atoms with Crippen LogP contribution in [-0.4, -0.2) is 51.7 Å². The van der Waals surface area contributed by atoms with Gasteiger partial charge >= 0.3 is 0 Å². The van der Waals surface area contributed by atoms with Gasteiger partial charge in [0.15, 0.2) is 0 Å². The number of ether oxygens (including phenoxy) is 3. The largest absolute Gasteiger partial charge is 0.380 e. The van der Waals surface area contributed by atoms with Crippen LogP contribution < -0.4 is 5.32 Å². The second kappa shape index (κ2) is 5.66. The molecule has 0 aromatic heterocycles. The fourth-order valence-electron chi connectivity index (χ4n) is 1.21. The second-order valence-electron chi connectivity index (χ2n) is 3.92. The van der Waals surface area contributed by atoms with Gasteiger partial charge in [-0.05, 0) is 12.8 Å². The van der Waals surface area contributed by atoms with Crippen LogP contribution in [0, 0.1) is 0 Å². The average Bonchev–Trinajstić information content (AvgIpc) is 3.00.